The topological polar surface area (TPSA) is 79.8 Å². The molecule has 2 aromatic rings. The normalized spacial score (nSPS) is 11.9. The van der Waals surface area contributed by atoms with Crippen molar-refractivity contribution in [3.63, 3.8) is 0 Å². The molecule has 0 atom stereocenters. The zero-order chi connectivity index (χ0) is 22.9. The number of nitrogens with one attached hydrogen (secondary N) is 2. The smallest absolute Gasteiger partial charge is 0.191 e. The van der Waals surface area contributed by atoms with Gasteiger partial charge in [-0.2, -0.15) is 0 Å². The fraction of sp³-hybridized carbons (Fsp3) is 0.435. The Hall–Kier alpha value is -1.72. The van der Waals surface area contributed by atoms with Crippen LogP contribution in [-0.2, 0) is 40.0 Å². The van der Waals surface area contributed by atoms with Gasteiger partial charge < -0.3 is 15.4 Å². The molecule has 0 aliphatic rings. The van der Waals surface area contributed by atoms with Crippen LogP contribution in [0.2, 0.25) is 0 Å². The van der Waals surface area contributed by atoms with Crippen LogP contribution in [0.5, 0.6) is 0 Å². The molecular weight excluding hydrogens is 544 g/mol. The summed E-state index contributed by atoms with van der Waals surface area (Å²) in [5.41, 5.74) is 3.32. The number of aliphatic imine (C=N–C) groups is 1. The molecule has 0 unspecified atom stereocenters. The van der Waals surface area contributed by atoms with E-state index >= 15 is 0 Å². The van der Waals surface area contributed by atoms with Crippen molar-refractivity contribution in [3.8, 4) is 0 Å². The lowest BCUT2D eigenvalue weighted by Gasteiger charge is -2.14. The number of ether oxygens (including phenoxy) is 1. The van der Waals surface area contributed by atoms with Crippen molar-refractivity contribution in [3.05, 3.63) is 70.5 Å². The third-order valence-electron chi connectivity index (χ3n) is 4.40. The van der Waals surface area contributed by atoms with Crippen molar-refractivity contribution >= 4 is 39.8 Å². The third-order valence-corrected chi connectivity index (χ3v) is 5.24. The number of benzene rings is 2. The van der Waals surface area contributed by atoms with Gasteiger partial charge in [0, 0.05) is 19.3 Å². The average molecular weight is 578 g/mol. The van der Waals surface area contributed by atoms with E-state index in [1.54, 1.807) is 0 Å². The van der Waals surface area contributed by atoms with Crippen LogP contribution in [0.3, 0.4) is 0 Å². The summed E-state index contributed by atoms with van der Waals surface area (Å²) in [5, 5.41) is 6.32. The molecule has 0 fully saturated rings. The molecule has 0 heterocycles. The fourth-order valence-electron chi connectivity index (χ4n) is 2.88. The van der Waals surface area contributed by atoms with Crippen molar-refractivity contribution in [2.75, 3.05) is 12.8 Å². The molecule has 2 N–H and O–H groups in total. The molecule has 2 rings (SSSR count). The van der Waals surface area contributed by atoms with Crippen LogP contribution < -0.4 is 10.6 Å². The highest BCUT2D eigenvalue weighted by atomic mass is 127. The van der Waals surface area contributed by atoms with E-state index in [2.05, 4.69) is 15.6 Å². The Kier molecular flexibility index (Phi) is 12.2. The van der Waals surface area contributed by atoms with Crippen molar-refractivity contribution in [2.45, 2.75) is 52.3 Å². The van der Waals surface area contributed by atoms with Crippen LogP contribution in [0.4, 0.5) is 4.39 Å². The Bertz CT molecular complexity index is 980. The second-order valence-electron chi connectivity index (χ2n) is 7.71. The number of nitrogens with zero attached hydrogens (tertiary/aromatic N) is 1. The van der Waals surface area contributed by atoms with Gasteiger partial charge in [-0.1, -0.05) is 30.3 Å². The lowest BCUT2D eigenvalue weighted by atomic mass is 10.1. The maximum absolute atomic E-state index is 13.7. The van der Waals surface area contributed by atoms with Crippen LogP contribution >= 0.6 is 24.0 Å². The van der Waals surface area contributed by atoms with Crippen LogP contribution in [0, 0.1) is 5.82 Å². The molecule has 178 valence electrons. The van der Waals surface area contributed by atoms with Crippen molar-refractivity contribution in [1.82, 2.24) is 10.6 Å². The van der Waals surface area contributed by atoms with Gasteiger partial charge in [0.2, 0.25) is 0 Å². The lowest BCUT2D eigenvalue weighted by Crippen LogP contribution is -2.37. The number of sulfone groups is 1. The highest BCUT2D eigenvalue weighted by Gasteiger charge is 2.11. The standard InChI is InChI=1S/C23H32FN3O3S.HI/c1-5-25-23(26-13-18-6-8-19(9-7-18)15-30-17(2)3)27-14-21-12-22(24)11-10-20(21)16-31(4,28)29;/h6-12,17H,5,13-16H2,1-4H3,(H2,25,26,27);1H. The van der Waals surface area contributed by atoms with Crippen molar-refractivity contribution in [2.24, 2.45) is 4.99 Å². The van der Waals surface area contributed by atoms with Crippen LogP contribution in [-0.4, -0.2) is 33.3 Å². The SMILES string of the molecule is CCNC(=NCc1ccc(COC(C)C)cc1)NCc1cc(F)ccc1CS(C)(=O)=O.I. The summed E-state index contributed by atoms with van der Waals surface area (Å²) in [6, 6.07) is 12.2. The minimum atomic E-state index is -3.23. The van der Waals surface area contributed by atoms with Gasteiger partial charge in [0.25, 0.3) is 0 Å². The monoisotopic (exact) mass is 577 g/mol. The van der Waals surface area contributed by atoms with Gasteiger partial charge in [0.1, 0.15) is 5.82 Å². The second-order valence-corrected chi connectivity index (χ2v) is 9.85. The molecule has 0 amide bonds. The fourth-order valence-corrected chi connectivity index (χ4v) is 3.72. The number of hydrogen-bond acceptors (Lipinski definition) is 4. The number of halogens is 2. The molecule has 0 aromatic heterocycles. The molecule has 6 nitrogen and oxygen atoms in total. The second kappa shape index (κ2) is 13.7. The van der Waals surface area contributed by atoms with E-state index in [4.69, 9.17) is 4.74 Å². The van der Waals surface area contributed by atoms with E-state index in [-0.39, 0.29) is 42.4 Å². The van der Waals surface area contributed by atoms with Gasteiger partial charge in [-0.15, -0.1) is 24.0 Å². The average Bonchev–Trinajstić information content (AvgIpc) is 2.70. The van der Waals surface area contributed by atoms with Crippen molar-refractivity contribution in [1.29, 1.82) is 0 Å². The first kappa shape index (κ1) is 28.3. The van der Waals surface area contributed by atoms with Gasteiger partial charge in [-0.3, -0.25) is 0 Å². The Morgan fingerprint density at radius 2 is 1.72 bits per heavy atom. The summed E-state index contributed by atoms with van der Waals surface area (Å²) in [4.78, 5) is 4.58. The van der Waals surface area contributed by atoms with E-state index in [1.165, 1.54) is 24.5 Å². The maximum Gasteiger partial charge on any atom is 0.191 e. The Balaban J connectivity index is 0.00000512. The third kappa shape index (κ3) is 10.7. The quantitative estimate of drug-likeness (QED) is 0.252. The van der Waals surface area contributed by atoms with E-state index < -0.39 is 15.7 Å². The number of guanidine groups is 1. The molecular formula is C23H33FIN3O3S. The Morgan fingerprint density at radius 3 is 2.31 bits per heavy atom. The largest absolute Gasteiger partial charge is 0.374 e. The molecule has 0 aliphatic carbocycles. The summed E-state index contributed by atoms with van der Waals surface area (Å²) in [6.07, 6.45) is 1.35. The zero-order valence-corrected chi connectivity index (χ0v) is 22.2. The van der Waals surface area contributed by atoms with Gasteiger partial charge in [-0.25, -0.2) is 17.8 Å². The zero-order valence-electron chi connectivity index (χ0n) is 19.0. The van der Waals surface area contributed by atoms with Crippen LogP contribution in [0.25, 0.3) is 0 Å². The first-order valence-electron chi connectivity index (χ1n) is 10.3. The Morgan fingerprint density at radius 1 is 1.06 bits per heavy atom. The van der Waals surface area contributed by atoms with E-state index in [9.17, 15) is 12.8 Å². The maximum atomic E-state index is 13.7. The molecule has 0 spiro atoms. The molecule has 0 bridgehead atoms. The van der Waals surface area contributed by atoms with E-state index in [1.807, 2.05) is 45.0 Å². The molecule has 2 aromatic carbocycles. The highest BCUT2D eigenvalue weighted by Crippen LogP contribution is 2.14. The van der Waals surface area contributed by atoms with Crippen LogP contribution in [0.15, 0.2) is 47.5 Å². The van der Waals surface area contributed by atoms with Crippen molar-refractivity contribution < 1.29 is 17.5 Å². The summed E-state index contributed by atoms with van der Waals surface area (Å²) >= 11 is 0. The van der Waals surface area contributed by atoms with Gasteiger partial charge >= 0.3 is 0 Å². The van der Waals surface area contributed by atoms with Gasteiger partial charge in [-0.05, 0) is 55.2 Å². The molecule has 0 radical (unpaired) electrons. The molecule has 0 saturated heterocycles. The van der Waals surface area contributed by atoms with E-state index in [0.29, 0.717) is 36.8 Å². The summed E-state index contributed by atoms with van der Waals surface area (Å²) in [6.45, 7) is 7.95. The first-order valence-corrected chi connectivity index (χ1v) is 12.4. The predicted molar refractivity (Wildman–Crippen MR) is 138 cm³/mol. The highest BCUT2D eigenvalue weighted by molar-refractivity contribution is 14.0. The first-order chi connectivity index (χ1) is 14.7. The number of hydrogen-bond donors (Lipinski definition) is 2. The van der Waals surface area contributed by atoms with Crippen LogP contribution in [0.1, 0.15) is 43.0 Å². The molecule has 0 saturated carbocycles. The predicted octanol–water partition coefficient (Wildman–Crippen LogP) is 4.17. The Labute approximate surface area is 208 Å². The lowest BCUT2D eigenvalue weighted by molar-refractivity contribution is 0.0657. The number of rotatable bonds is 10. The minimum absolute atomic E-state index is 0. The van der Waals surface area contributed by atoms with Gasteiger partial charge in [0.05, 0.1) is 25.0 Å². The molecule has 9 heteroatoms. The summed E-state index contributed by atoms with van der Waals surface area (Å²) in [5.74, 6) is 0.0343. The minimum Gasteiger partial charge on any atom is -0.374 e. The summed E-state index contributed by atoms with van der Waals surface area (Å²) in [7, 11) is -3.23. The van der Waals surface area contributed by atoms with E-state index in [0.717, 1.165) is 11.1 Å². The van der Waals surface area contributed by atoms with Gasteiger partial charge in [0.15, 0.2) is 15.8 Å². The molecule has 32 heavy (non-hydrogen) atoms. The summed E-state index contributed by atoms with van der Waals surface area (Å²) < 4.78 is 42.7. The molecule has 0 aliphatic heterocycles.